The standard InChI is InChI=1S/C14H8ClFN2O3S/c15-11-5-8(16)1-2-10(11)13(20)21-7-9-6-12(19)18-3-4-22-14(18)17-9/h1-6H,7H2. The highest BCUT2D eigenvalue weighted by atomic mass is 35.5. The number of hydrogen-bond acceptors (Lipinski definition) is 5. The molecule has 0 amide bonds. The highest BCUT2D eigenvalue weighted by Gasteiger charge is 2.13. The van der Waals surface area contributed by atoms with Crippen molar-refractivity contribution in [1.29, 1.82) is 0 Å². The molecule has 1 aromatic carbocycles. The van der Waals surface area contributed by atoms with Crippen molar-refractivity contribution in [3.63, 3.8) is 0 Å². The molecule has 8 heteroatoms. The molecular formula is C14H8ClFN2O3S. The Morgan fingerprint density at radius 3 is 3.00 bits per heavy atom. The molecule has 0 saturated carbocycles. The number of halogens is 2. The minimum Gasteiger partial charge on any atom is -0.456 e. The van der Waals surface area contributed by atoms with E-state index in [2.05, 4.69) is 4.98 Å². The van der Waals surface area contributed by atoms with Gasteiger partial charge in [-0.1, -0.05) is 11.6 Å². The van der Waals surface area contributed by atoms with Crippen molar-refractivity contribution in [2.75, 3.05) is 0 Å². The second-order valence-electron chi connectivity index (χ2n) is 4.34. The molecule has 0 aliphatic carbocycles. The Bertz CT molecular complexity index is 922. The summed E-state index contributed by atoms with van der Waals surface area (Å²) in [7, 11) is 0. The van der Waals surface area contributed by atoms with E-state index < -0.39 is 11.8 Å². The molecule has 3 rings (SSSR count). The van der Waals surface area contributed by atoms with Crippen LogP contribution >= 0.6 is 22.9 Å². The Hall–Kier alpha value is -2.25. The lowest BCUT2D eigenvalue weighted by Crippen LogP contribution is -2.14. The third kappa shape index (κ3) is 2.86. The van der Waals surface area contributed by atoms with Gasteiger partial charge in [0, 0.05) is 17.6 Å². The van der Waals surface area contributed by atoms with Gasteiger partial charge in [-0.2, -0.15) is 0 Å². The highest BCUT2D eigenvalue weighted by molar-refractivity contribution is 7.15. The van der Waals surface area contributed by atoms with E-state index in [1.165, 1.54) is 27.9 Å². The summed E-state index contributed by atoms with van der Waals surface area (Å²) < 4.78 is 19.4. The average molecular weight is 339 g/mol. The van der Waals surface area contributed by atoms with Crippen LogP contribution in [0.5, 0.6) is 0 Å². The molecule has 0 fully saturated rings. The van der Waals surface area contributed by atoms with Crippen molar-refractivity contribution in [3.05, 3.63) is 68.3 Å². The van der Waals surface area contributed by atoms with Gasteiger partial charge in [0.2, 0.25) is 0 Å². The Balaban J connectivity index is 1.78. The predicted octanol–water partition coefficient (Wildman–Crippen LogP) is 2.91. The zero-order chi connectivity index (χ0) is 15.7. The predicted molar refractivity (Wildman–Crippen MR) is 79.9 cm³/mol. The fourth-order valence-corrected chi connectivity index (χ4v) is 2.82. The Kier molecular flexibility index (Phi) is 3.91. The summed E-state index contributed by atoms with van der Waals surface area (Å²) in [6.07, 6.45) is 1.61. The molecule has 3 aromatic rings. The van der Waals surface area contributed by atoms with E-state index in [-0.39, 0.29) is 22.8 Å². The van der Waals surface area contributed by atoms with Crippen molar-refractivity contribution in [2.24, 2.45) is 0 Å². The van der Waals surface area contributed by atoms with Gasteiger partial charge in [0.05, 0.1) is 16.3 Å². The highest BCUT2D eigenvalue weighted by Crippen LogP contribution is 2.18. The maximum Gasteiger partial charge on any atom is 0.340 e. The van der Waals surface area contributed by atoms with Crippen molar-refractivity contribution < 1.29 is 13.9 Å². The molecule has 0 unspecified atom stereocenters. The number of aromatic nitrogens is 2. The van der Waals surface area contributed by atoms with Crippen LogP contribution in [0.1, 0.15) is 16.1 Å². The Morgan fingerprint density at radius 2 is 2.23 bits per heavy atom. The second kappa shape index (κ2) is 5.86. The molecule has 0 bridgehead atoms. The molecule has 2 heterocycles. The number of benzene rings is 1. The smallest absolute Gasteiger partial charge is 0.340 e. The summed E-state index contributed by atoms with van der Waals surface area (Å²) in [6.45, 7) is -0.170. The van der Waals surface area contributed by atoms with E-state index in [1.54, 1.807) is 11.6 Å². The Morgan fingerprint density at radius 1 is 1.41 bits per heavy atom. The van der Waals surface area contributed by atoms with Crippen LogP contribution in [0.3, 0.4) is 0 Å². The van der Waals surface area contributed by atoms with Gasteiger partial charge in [-0.05, 0) is 18.2 Å². The van der Waals surface area contributed by atoms with Crippen LogP contribution in [0, 0.1) is 5.82 Å². The lowest BCUT2D eigenvalue weighted by molar-refractivity contribution is 0.0468. The lowest BCUT2D eigenvalue weighted by Gasteiger charge is -2.06. The largest absolute Gasteiger partial charge is 0.456 e. The van der Waals surface area contributed by atoms with Gasteiger partial charge < -0.3 is 4.74 Å². The van der Waals surface area contributed by atoms with Gasteiger partial charge in [-0.3, -0.25) is 9.20 Å². The van der Waals surface area contributed by atoms with Crippen molar-refractivity contribution in [2.45, 2.75) is 6.61 Å². The third-order valence-electron chi connectivity index (χ3n) is 2.86. The van der Waals surface area contributed by atoms with Crippen LogP contribution in [-0.4, -0.2) is 15.4 Å². The maximum absolute atomic E-state index is 12.9. The number of carbonyl (C=O) groups excluding carboxylic acids is 1. The normalized spacial score (nSPS) is 10.8. The van der Waals surface area contributed by atoms with Crippen molar-refractivity contribution >= 4 is 33.9 Å². The number of thiazole rings is 1. The first-order valence-corrected chi connectivity index (χ1v) is 7.38. The summed E-state index contributed by atoms with van der Waals surface area (Å²) in [5, 5.41) is 1.70. The van der Waals surface area contributed by atoms with Crippen molar-refractivity contribution in [3.8, 4) is 0 Å². The van der Waals surface area contributed by atoms with Crippen LogP contribution in [0.4, 0.5) is 4.39 Å². The molecule has 0 aliphatic rings. The van der Waals surface area contributed by atoms with E-state index in [4.69, 9.17) is 16.3 Å². The van der Waals surface area contributed by atoms with E-state index in [0.29, 0.717) is 10.7 Å². The molecule has 0 saturated heterocycles. The first-order valence-electron chi connectivity index (χ1n) is 6.12. The molecule has 2 aromatic heterocycles. The molecule has 0 atom stereocenters. The summed E-state index contributed by atoms with van der Waals surface area (Å²) in [5.41, 5.74) is 0.133. The minimum atomic E-state index is -0.710. The van der Waals surface area contributed by atoms with Crippen LogP contribution in [-0.2, 0) is 11.3 Å². The molecule has 5 nitrogen and oxygen atoms in total. The van der Waals surface area contributed by atoms with Crippen LogP contribution < -0.4 is 5.56 Å². The van der Waals surface area contributed by atoms with Crippen molar-refractivity contribution in [1.82, 2.24) is 9.38 Å². The molecule has 0 spiro atoms. The molecule has 22 heavy (non-hydrogen) atoms. The number of hydrogen-bond donors (Lipinski definition) is 0. The van der Waals surface area contributed by atoms with Gasteiger partial charge in [0.1, 0.15) is 12.4 Å². The number of nitrogens with zero attached hydrogens (tertiary/aromatic N) is 2. The number of carbonyl (C=O) groups is 1. The van der Waals surface area contributed by atoms with Gasteiger partial charge in [0.15, 0.2) is 4.96 Å². The average Bonchev–Trinajstić information content (AvgIpc) is 2.93. The summed E-state index contributed by atoms with van der Waals surface area (Å²) in [6, 6.07) is 4.68. The number of ether oxygens (including phenoxy) is 1. The molecule has 0 radical (unpaired) electrons. The van der Waals surface area contributed by atoms with Gasteiger partial charge in [0.25, 0.3) is 5.56 Å². The number of rotatable bonds is 3. The van der Waals surface area contributed by atoms with Gasteiger partial charge in [-0.25, -0.2) is 14.2 Å². The minimum absolute atomic E-state index is 0.0354. The fraction of sp³-hybridized carbons (Fsp3) is 0.0714. The first-order chi connectivity index (χ1) is 10.5. The van der Waals surface area contributed by atoms with E-state index >= 15 is 0 Å². The molecule has 0 N–H and O–H groups in total. The zero-order valence-electron chi connectivity index (χ0n) is 11.0. The van der Waals surface area contributed by atoms with Crippen LogP contribution in [0.2, 0.25) is 5.02 Å². The van der Waals surface area contributed by atoms with E-state index in [9.17, 15) is 14.0 Å². The fourth-order valence-electron chi connectivity index (χ4n) is 1.83. The number of fused-ring (bicyclic) bond motifs is 1. The molecular weight excluding hydrogens is 331 g/mol. The summed E-state index contributed by atoms with van der Waals surface area (Å²) >= 11 is 7.09. The SMILES string of the molecule is O=C(OCc1cc(=O)n2ccsc2n1)c1ccc(F)cc1Cl. The molecule has 0 aliphatic heterocycles. The first kappa shape index (κ1) is 14.7. The van der Waals surface area contributed by atoms with Crippen LogP contribution in [0.15, 0.2) is 40.6 Å². The lowest BCUT2D eigenvalue weighted by atomic mass is 10.2. The number of esters is 1. The quantitative estimate of drug-likeness (QED) is 0.689. The maximum atomic E-state index is 12.9. The zero-order valence-corrected chi connectivity index (χ0v) is 12.5. The van der Waals surface area contributed by atoms with E-state index in [0.717, 1.165) is 12.1 Å². The van der Waals surface area contributed by atoms with Gasteiger partial charge >= 0.3 is 5.97 Å². The monoisotopic (exact) mass is 338 g/mol. The molecule has 112 valence electrons. The van der Waals surface area contributed by atoms with Gasteiger partial charge in [-0.15, -0.1) is 11.3 Å². The summed E-state index contributed by atoms with van der Waals surface area (Å²) in [5.74, 6) is -1.25. The Labute approximate surface area is 132 Å². The summed E-state index contributed by atoms with van der Waals surface area (Å²) in [4.78, 5) is 28.4. The van der Waals surface area contributed by atoms with E-state index in [1.807, 2.05) is 0 Å². The van der Waals surface area contributed by atoms with Crippen LogP contribution in [0.25, 0.3) is 4.96 Å². The third-order valence-corrected chi connectivity index (χ3v) is 3.93. The topological polar surface area (TPSA) is 60.7 Å². The second-order valence-corrected chi connectivity index (χ2v) is 5.62.